The first-order valence-electron chi connectivity index (χ1n) is 7.00. The first-order chi connectivity index (χ1) is 9.58. The average Bonchev–Trinajstić information content (AvgIpc) is 2.48. The maximum Gasteiger partial charge on any atom is 0.274 e. The van der Waals surface area contributed by atoms with Crippen molar-refractivity contribution in [3.05, 3.63) is 17.8 Å². The number of likely N-dealkylation sites (tertiary alicyclic amines) is 1. The van der Waals surface area contributed by atoms with Gasteiger partial charge >= 0.3 is 0 Å². The lowest BCUT2D eigenvalue weighted by Gasteiger charge is -2.39. The summed E-state index contributed by atoms with van der Waals surface area (Å²) in [5.74, 6) is 0.605. The van der Waals surface area contributed by atoms with Crippen molar-refractivity contribution in [2.24, 2.45) is 0 Å². The Balaban J connectivity index is 2.06. The highest BCUT2D eigenvalue weighted by atomic mass is 16.5. The Morgan fingerprint density at radius 3 is 2.90 bits per heavy atom. The highest BCUT2D eigenvalue weighted by Gasteiger charge is 2.33. The van der Waals surface area contributed by atoms with Gasteiger partial charge in [-0.25, -0.2) is 0 Å². The summed E-state index contributed by atoms with van der Waals surface area (Å²) in [5.41, 5.74) is 0.123. The zero-order valence-corrected chi connectivity index (χ0v) is 12.3. The molecule has 1 aliphatic rings. The topological polar surface area (TPSA) is 67.4 Å². The molecule has 20 heavy (non-hydrogen) atoms. The van der Waals surface area contributed by atoms with Crippen LogP contribution in [-0.4, -0.2) is 53.3 Å². The molecule has 1 atom stereocenters. The number of nitrogens with one attached hydrogen (secondary N) is 1. The van der Waals surface area contributed by atoms with Crippen molar-refractivity contribution in [2.45, 2.75) is 32.3 Å². The van der Waals surface area contributed by atoms with Gasteiger partial charge in [-0.1, -0.05) is 0 Å². The van der Waals surface area contributed by atoms with Crippen LogP contribution in [0.2, 0.25) is 0 Å². The van der Waals surface area contributed by atoms with Gasteiger partial charge in [-0.05, 0) is 38.8 Å². The molecule has 2 heterocycles. The van der Waals surface area contributed by atoms with Crippen LogP contribution >= 0.6 is 0 Å². The quantitative estimate of drug-likeness (QED) is 0.905. The van der Waals surface area contributed by atoms with Crippen LogP contribution in [0.4, 0.5) is 5.82 Å². The van der Waals surface area contributed by atoms with E-state index in [2.05, 4.69) is 15.5 Å². The van der Waals surface area contributed by atoms with Crippen LogP contribution in [0.5, 0.6) is 0 Å². The van der Waals surface area contributed by atoms with Crippen molar-refractivity contribution >= 4 is 11.7 Å². The van der Waals surface area contributed by atoms with Crippen LogP contribution in [0.3, 0.4) is 0 Å². The monoisotopic (exact) mass is 278 g/mol. The van der Waals surface area contributed by atoms with Gasteiger partial charge in [0.25, 0.3) is 5.91 Å². The predicted molar refractivity (Wildman–Crippen MR) is 76.7 cm³/mol. The minimum absolute atomic E-state index is 0.0801. The van der Waals surface area contributed by atoms with Gasteiger partial charge in [-0.3, -0.25) is 4.79 Å². The number of ether oxygens (including phenoxy) is 1. The summed E-state index contributed by atoms with van der Waals surface area (Å²) in [6.45, 7) is 6.14. The first-order valence-corrected chi connectivity index (χ1v) is 7.00. The molecule has 1 unspecified atom stereocenters. The summed E-state index contributed by atoms with van der Waals surface area (Å²) in [4.78, 5) is 14.2. The number of hydrogen-bond donors (Lipinski definition) is 1. The van der Waals surface area contributed by atoms with Gasteiger partial charge in [0.1, 0.15) is 5.82 Å². The van der Waals surface area contributed by atoms with E-state index in [1.54, 1.807) is 24.1 Å². The molecule has 0 spiro atoms. The van der Waals surface area contributed by atoms with Gasteiger partial charge in [-0.2, -0.15) is 0 Å². The molecule has 1 aromatic heterocycles. The SMILES string of the molecule is CCNc1ccc(C(=O)N2CCCC(C)(OC)C2)nn1. The molecule has 1 aliphatic heterocycles. The van der Waals surface area contributed by atoms with Crippen molar-refractivity contribution in [1.29, 1.82) is 0 Å². The van der Waals surface area contributed by atoms with Gasteiger partial charge in [-0.15, -0.1) is 10.2 Å². The number of rotatable bonds is 4. The number of piperidine rings is 1. The molecule has 0 aromatic carbocycles. The molecule has 0 bridgehead atoms. The summed E-state index contributed by atoms with van der Waals surface area (Å²) in [7, 11) is 1.69. The number of carbonyl (C=O) groups excluding carboxylic acids is 1. The minimum Gasteiger partial charge on any atom is -0.377 e. The van der Waals surface area contributed by atoms with E-state index in [0.29, 0.717) is 18.1 Å². The summed E-state index contributed by atoms with van der Waals surface area (Å²) >= 11 is 0. The van der Waals surface area contributed by atoms with Crippen LogP contribution in [0.25, 0.3) is 0 Å². The van der Waals surface area contributed by atoms with Crippen molar-refractivity contribution < 1.29 is 9.53 Å². The molecule has 2 rings (SSSR count). The summed E-state index contributed by atoms with van der Waals surface area (Å²) in [5, 5.41) is 11.1. The standard InChI is InChI=1S/C14H22N4O2/c1-4-15-12-7-6-11(16-17-12)13(19)18-9-5-8-14(2,10-18)20-3/h6-7H,4-5,8-10H2,1-3H3,(H,15,17). The van der Waals surface area contributed by atoms with E-state index in [4.69, 9.17) is 4.74 Å². The lowest BCUT2D eigenvalue weighted by atomic mass is 9.94. The third-order valence-electron chi connectivity index (χ3n) is 3.68. The maximum absolute atomic E-state index is 12.4. The third-order valence-corrected chi connectivity index (χ3v) is 3.68. The Morgan fingerprint density at radius 1 is 1.50 bits per heavy atom. The second-order valence-electron chi connectivity index (χ2n) is 5.32. The average molecular weight is 278 g/mol. The molecule has 6 nitrogen and oxygen atoms in total. The van der Waals surface area contributed by atoms with E-state index >= 15 is 0 Å². The molecule has 1 saturated heterocycles. The van der Waals surface area contributed by atoms with Crippen molar-refractivity contribution in [1.82, 2.24) is 15.1 Å². The molecule has 0 saturated carbocycles. The zero-order chi connectivity index (χ0) is 14.6. The number of aromatic nitrogens is 2. The smallest absolute Gasteiger partial charge is 0.274 e. The fourth-order valence-electron chi connectivity index (χ4n) is 2.43. The van der Waals surface area contributed by atoms with Crippen LogP contribution in [0.1, 0.15) is 37.2 Å². The van der Waals surface area contributed by atoms with Crippen molar-refractivity contribution in [3.8, 4) is 0 Å². The third kappa shape index (κ3) is 3.25. The summed E-state index contributed by atoms with van der Waals surface area (Å²) < 4.78 is 5.51. The molecular formula is C14H22N4O2. The molecule has 1 fully saturated rings. The zero-order valence-electron chi connectivity index (χ0n) is 12.3. The van der Waals surface area contributed by atoms with E-state index in [-0.39, 0.29) is 11.5 Å². The number of hydrogen-bond acceptors (Lipinski definition) is 5. The van der Waals surface area contributed by atoms with Crippen molar-refractivity contribution in [2.75, 3.05) is 32.1 Å². The van der Waals surface area contributed by atoms with E-state index in [0.717, 1.165) is 25.9 Å². The van der Waals surface area contributed by atoms with E-state index < -0.39 is 0 Å². The highest BCUT2D eigenvalue weighted by Crippen LogP contribution is 2.24. The lowest BCUT2D eigenvalue weighted by molar-refractivity contribution is -0.0441. The van der Waals surface area contributed by atoms with Gasteiger partial charge in [0, 0.05) is 26.7 Å². The van der Waals surface area contributed by atoms with E-state index in [9.17, 15) is 4.79 Å². The predicted octanol–water partition coefficient (Wildman–Crippen LogP) is 1.55. The van der Waals surface area contributed by atoms with E-state index in [1.165, 1.54) is 0 Å². The van der Waals surface area contributed by atoms with E-state index in [1.807, 2.05) is 13.8 Å². The van der Waals surface area contributed by atoms with Gasteiger partial charge in [0.05, 0.1) is 5.60 Å². The highest BCUT2D eigenvalue weighted by molar-refractivity contribution is 5.92. The van der Waals surface area contributed by atoms with Crippen LogP contribution in [-0.2, 0) is 4.74 Å². The fourth-order valence-corrected chi connectivity index (χ4v) is 2.43. The Morgan fingerprint density at radius 2 is 2.30 bits per heavy atom. The maximum atomic E-state index is 12.4. The number of methoxy groups -OCH3 is 1. The van der Waals surface area contributed by atoms with Gasteiger partial charge in [0.2, 0.25) is 0 Å². The number of carbonyl (C=O) groups is 1. The summed E-state index contributed by atoms with van der Waals surface area (Å²) in [6.07, 6.45) is 1.91. The first kappa shape index (κ1) is 14.7. The number of anilines is 1. The van der Waals surface area contributed by atoms with Crippen molar-refractivity contribution in [3.63, 3.8) is 0 Å². The van der Waals surface area contributed by atoms with Crippen LogP contribution < -0.4 is 5.32 Å². The normalized spacial score (nSPS) is 22.6. The van der Waals surface area contributed by atoms with Crippen LogP contribution in [0.15, 0.2) is 12.1 Å². The Kier molecular flexibility index (Phi) is 4.54. The second-order valence-corrected chi connectivity index (χ2v) is 5.32. The fraction of sp³-hybridized carbons (Fsp3) is 0.643. The lowest BCUT2D eigenvalue weighted by Crippen LogP contribution is -2.49. The minimum atomic E-state index is -0.259. The molecule has 1 amide bonds. The molecule has 0 radical (unpaired) electrons. The summed E-state index contributed by atoms with van der Waals surface area (Å²) in [6, 6.07) is 3.50. The molecular weight excluding hydrogens is 256 g/mol. The molecule has 110 valence electrons. The molecule has 0 aliphatic carbocycles. The largest absolute Gasteiger partial charge is 0.377 e. The molecule has 6 heteroatoms. The van der Waals surface area contributed by atoms with Crippen LogP contribution in [0, 0.1) is 0 Å². The Hall–Kier alpha value is -1.69. The second kappa shape index (κ2) is 6.17. The Labute approximate surface area is 119 Å². The van der Waals surface area contributed by atoms with Gasteiger partial charge in [0.15, 0.2) is 5.69 Å². The number of amides is 1. The molecule has 1 N–H and O–H groups in total. The van der Waals surface area contributed by atoms with Gasteiger partial charge < -0.3 is 15.0 Å². The number of nitrogens with zero attached hydrogens (tertiary/aromatic N) is 3. The molecule has 1 aromatic rings. The Bertz CT molecular complexity index is 463.